The zero-order valence-electron chi connectivity index (χ0n) is 18.5. The lowest BCUT2D eigenvalue weighted by molar-refractivity contribution is -0.274. The lowest BCUT2D eigenvalue weighted by Gasteiger charge is -2.30. The largest absolute Gasteiger partial charge is 0.573 e. The van der Waals surface area contributed by atoms with E-state index < -0.39 is 11.8 Å². The second kappa shape index (κ2) is 7.62. The molecule has 0 unspecified atom stereocenters. The Labute approximate surface area is 180 Å². The molecule has 0 aliphatic rings. The lowest BCUT2D eigenvalue weighted by Crippen LogP contribution is -2.48. The van der Waals surface area contributed by atoms with Gasteiger partial charge in [-0.15, -0.1) is 13.2 Å². The summed E-state index contributed by atoms with van der Waals surface area (Å²) in [5.41, 5.74) is 1.44. The number of halogens is 3. The Morgan fingerprint density at radius 1 is 0.968 bits per heavy atom. The van der Waals surface area contributed by atoms with Crippen molar-refractivity contribution in [1.82, 2.24) is 9.88 Å². The van der Waals surface area contributed by atoms with Crippen LogP contribution in [0.4, 0.5) is 13.2 Å². The van der Waals surface area contributed by atoms with Crippen molar-refractivity contribution < 1.29 is 22.7 Å². The molecule has 0 atom stereocenters. The Kier molecular flexibility index (Phi) is 5.59. The van der Waals surface area contributed by atoms with Crippen molar-refractivity contribution in [3.8, 4) is 17.0 Å². The fourth-order valence-electron chi connectivity index (χ4n) is 3.52. The van der Waals surface area contributed by atoms with E-state index in [1.807, 2.05) is 63.5 Å². The van der Waals surface area contributed by atoms with Crippen molar-refractivity contribution in [2.24, 2.45) is 7.05 Å². The van der Waals surface area contributed by atoms with Gasteiger partial charge in [-0.2, -0.15) is 0 Å². The number of carbonyl (C=O) groups is 1. The highest BCUT2D eigenvalue weighted by Gasteiger charge is 2.34. The van der Waals surface area contributed by atoms with Gasteiger partial charge in [-0.3, -0.25) is 4.79 Å². The van der Waals surface area contributed by atoms with Crippen LogP contribution in [0.1, 0.15) is 40.2 Å². The predicted octanol–water partition coefficient (Wildman–Crippen LogP) is 5.94. The van der Waals surface area contributed by atoms with Gasteiger partial charge in [0.2, 0.25) is 5.91 Å². The number of hydrogen-bond donors (Lipinski definition) is 1. The van der Waals surface area contributed by atoms with Crippen molar-refractivity contribution in [2.45, 2.75) is 51.9 Å². The second-order valence-corrected chi connectivity index (χ2v) is 9.24. The SMILES string of the molecule is Cn1c(-c2ccccc2OC(F)(F)F)cc2cc(C(C)(C)C(=O)NC(C)(C)C)ccc21. The molecule has 1 amide bonds. The molecule has 0 aliphatic carbocycles. The van der Waals surface area contributed by atoms with E-state index in [1.54, 1.807) is 19.2 Å². The molecule has 0 aliphatic heterocycles. The molecule has 0 spiro atoms. The van der Waals surface area contributed by atoms with Gasteiger partial charge in [-0.25, -0.2) is 0 Å². The number of para-hydroxylation sites is 1. The highest BCUT2D eigenvalue weighted by atomic mass is 19.4. The molecule has 0 fully saturated rings. The Morgan fingerprint density at radius 3 is 2.23 bits per heavy atom. The third kappa shape index (κ3) is 4.86. The first-order valence-electron chi connectivity index (χ1n) is 9.97. The normalized spacial score (nSPS) is 12.8. The predicted molar refractivity (Wildman–Crippen MR) is 116 cm³/mol. The first-order chi connectivity index (χ1) is 14.2. The smallest absolute Gasteiger partial charge is 0.405 e. The number of carbonyl (C=O) groups excluding carboxylic acids is 1. The van der Waals surface area contributed by atoms with Crippen molar-refractivity contribution in [3.63, 3.8) is 0 Å². The molecular weight excluding hydrogens is 405 g/mol. The van der Waals surface area contributed by atoms with E-state index in [0.29, 0.717) is 11.3 Å². The number of aryl methyl sites for hydroxylation is 1. The number of ether oxygens (including phenoxy) is 1. The van der Waals surface area contributed by atoms with Gasteiger partial charge >= 0.3 is 6.36 Å². The number of rotatable bonds is 4. The summed E-state index contributed by atoms with van der Waals surface area (Å²) in [7, 11) is 1.79. The van der Waals surface area contributed by atoms with Crippen LogP contribution in [0, 0.1) is 0 Å². The molecule has 4 nitrogen and oxygen atoms in total. The molecule has 31 heavy (non-hydrogen) atoms. The molecule has 0 saturated carbocycles. The first-order valence-corrected chi connectivity index (χ1v) is 9.97. The van der Waals surface area contributed by atoms with E-state index in [0.717, 1.165) is 16.5 Å². The van der Waals surface area contributed by atoms with Crippen LogP contribution in [0.5, 0.6) is 5.75 Å². The van der Waals surface area contributed by atoms with Gasteiger partial charge in [0.05, 0.1) is 11.1 Å². The fraction of sp³-hybridized carbons (Fsp3) is 0.375. The van der Waals surface area contributed by atoms with Crippen molar-refractivity contribution in [2.75, 3.05) is 0 Å². The van der Waals surface area contributed by atoms with Crippen LogP contribution in [0.2, 0.25) is 0 Å². The Balaban J connectivity index is 2.06. The highest BCUT2D eigenvalue weighted by Crippen LogP contribution is 2.37. The van der Waals surface area contributed by atoms with E-state index in [1.165, 1.54) is 12.1 Å². The number of fused-ring (bicyclic) bond motifs is 1. The fourth-order valence-corrected chi connectivity index (χ4v) is 3.52. The van der Waals surface area contributed by atoms with Crippen LogP contribution in [0.25, 0.3) is 22.2 Å². The monoisotopic (exact) mass is 432 g/mol. The maximum Gasteiger partial charge on any atom is 0.573 e. The van der Waals surface area contributed by atoms with Crippen molar-refractivity contribution >= 4 is 16.8 Å². The van der Waals surface area contributed by atoms with Crippen LogP contribution in [0.3, 0.4) is 0 Å². The maximum absolute atomic E-state index is 12.9. The number of nitrogens with one attached hydrogen (secondary N) is 1. The molecule has 0 radical (unpaired) electrons. The van der Waals surface area contributed by atoms with Gasteiger partial charge in [0.1, 0.15) is 5.75 Å². The van der Waals surface area contributed by atoms with Gasteiger partial charge in [-0.05, 0) is 70.5 Å². The summed E-state index contributed by atoms with van der Waals surface area (Å²) in [6.07, 6.45) is -4.78. The topological polar surface area (TPSA) is 43.3 Å². The summed E-state index contributed by atoms with van der Waals surface area (Å²) in [4.78, 5) is 12.8. The Bertz CT molecular complexity index is 1120. The molecule has 166 valence electrons. The zero-order valence-corrected chi connectivity index (χ0v) is 18.5. The van der Waals surface area contributed by atoms with E-state index in [-0.39, 0.29) is 17.2 Å². The number of benzene rings is 2. The minimum atomic E-state index is -4.78. The molecule has 7 heteroatoms. The third-order valence-corrected chi connectivity index (χ3v) is 5.21. The van der Waals surface area contributed by atoms with Gasteiger partial charge in [0.15, 0.2) is 0 Å². The summed E-state index contributed by atoms with van der Waals surface area (Å²) in [6, 6.07) is 13.6. The van der Waals surface area contributed by atoms with E-state index in [9.17, 15) is 18.0 Å². The average molecular weight is 432 g/mol. The van der Waals surface area contributed by atoms with E-state index >= 15 is 0 Å². The molecule has 3 rings (SSSR count). The quantitative estimate of drug-likeness (QED) is 0.555. The van der Waals surface area contributed by atoms with Gasteiger partial charge < -0.3 is 14.6 Å². The number of amides is 1. The number of alkyl halides is 3. The molecule has 0 saturated heterocycles. The summed E-state index contributed by atoms with van der Waals surface area (Å²) < 4.78 is 44.6. The Morgan fingerprint density at radius 2 is 1.61 bits per heavy atom. The maximum atomic E-state index is 12.9. The highest BCUT2D eigenvalue weighted by molar-refractivity contribution is 5.92. The van der Waals surface area contributed by atoms with Crippen LogP contribution in [0.15, 0.2) is 48.5 Å². The third-order valence-electron chi connectivity index (χ3n) is 5.21. The minimum Gasteiger partial charge on any atom is -0.405 e. The van der Waals surface area contributed by atoms with Gasteiger partial charge in [0.25, 0.3) is 0 Å². The standard InChI is InChI=1S/C24H27F3N2O2/c1-22(2,3)28-21(30)23(4,5)16-11-12-18-15(13-16)14-19(29(18)6)17-9-7-8-10-20(17)31-24(25,26)27/h7-14H,1-6H3,(H,28,30). The van der Waals surface area contributed by atoms with Crippen LogP contribution >= 0.6 is 0 Å². The van der Waals surface area contributed by atoms with Gasteiger partial charge in [0, 0.05) is 29.1 Å². The van der Waals surface area contributed by atoms with Crippen LogP contribution in [-0.4, -0.2) is 22.4 Å². The molecular formula is C24H27F3N2O2. The van der Waals surface area contributed by atoms with E-state index in [2.05, 4.69) is 10.1 Å². The molecule has 3 aromatic rings. The average Bonchev–Trinajstić information content (AvgIpc) is 2.95. The molecule has 1 aromatic heterocycles. The van der Waals surface area contributed by atoms with Crippen LogP contribution < -0.4 is 10.1 Å². The zero-order chi connectivity index (χ0) is 23.2. The Hall–Kier alpha value is -2.96. The van der Waals surface area contributed by atoms with Crippen LogP contribution in [-0.2, 0) is 17.3 Å². The molecule has 1 heterocycles. The summed E-state index contributed by atoms with van der Waals surface area (Å²) in [6.45, 7) is 9.48. The number of nitrogens with zero attached hydrogens (tertiary/aromatic N) is 1. The van der Waals surface area contributed by atoms with Gasteiger partial charge in [-0.1, -0.05) is 18.2 Å². The molecule has 2 aromatic carbocycles. The van der Waals surface area contributed by atoms with Crippen molar-refractivity contribution in [1.29, 1.82) is 0 Å². The summed E-state index contributed by atoms with van der Waals surface area (Å²) >= 11 is 0. The molecule has 0 bridgehead atoms. The minimum absolute atomic E-state index is 0.0978. The molecule has 1 N–H and O–H groups in total. The first kappa shape index (κ1) is 22.7. The van der Waals surface area contributed by atoms with Crippen molar-refractivity contribution in [3.05, 3.63) is 54.1 Å². The number of aromatic nitrogens is 1. The lowest BCUT2D eigenvalue weighted by atomic mass is 9.82. The second-order valence-electron chi connectivity index (χ2n) is 9.24. The summed E-state index contributed by atoms with van der Waals surface area (Å²) in [5.74, 6) is -0.356. The van der Waals surface area contributed by atoms with E-state index in [4.69, 9.17) is 0 Å². The summed E-state index contributed by atoms with van der Waals surface area (Å²) in [5, 5.41) is 3.84. The number of hydrogen-bond acceptors (Lipinski definition) is 2.